The zero-order valence-electron chi connectivity index (χ0n) is 27.3. The highest BCUT2D eigenvalue weighted by atomic mass is 15.0. The van der Waals surface area contributed by atoms with Crippen molar-refractivity contribution in [2.75, 3.05) is 0 Å². The van der Waals surface area contributed by atoms with Gasteiger partial charge in [0.05, 0.1) is 33.7 Å². The Morgan fingerprint density at radius 2 is 0.959 bits per heavy atom. The second-order valence-electron chi connectivity index (χ2n) is 13.7. The molecule has 2 aromatic heterocycles. The van der Waals surface area contributed by atoms with Gasteiger partial charge in [-0.25, -0.2) is 0 Å². The first kappa shape index (κ1) is 27.7. The van der Waals surface area contributed by atoms with Crippen molar-refractivity contribution < 1.29 is 0 Å². The Hall–Kier alpha value is -6.37. The monoisotopic (exact) mass is 625 g/mol. The molecule has 0 radical (unpaired) electrons. The summed E-state index contributed by atoms with van der Waals surface area (Å²) in [4.78, 5) is 0. The lowest BCUT2D eigenvalue weighted by molar-refractivity contribution is 0.660. The number of aromatic nitrogens is 2. The summed E-state index contributed by atoms with van der Waals surface area (Å²) >= 11 is 0. The van der Waals surface area contributed by atoms with Crippen molar-refractivity contribution >= 4 is 43.6 Å². The number of fused-ring (bicyclic) bond motifs is 9. The molecular formula is C46H31N3. The molecule has 10 rings (SSSR count). The molecule has 3 heteroatoms. The fourth-order valence-corrected chi connectivity index (χ4v) is 8.39. The van der Waals surface area contributed by atoms with Crippen molar-refractivity contribution in [3.8, 4) is 39.7 Å². The first-order valence-corrected chi connectivity index (χ1v) is 16.8. The van der Waals surface area contributed by atoms with Crippen molar-refractivity contribution in [2.24, 2.45) is 0 Å². The van der Waals surface area contributed by atoms with Crippen LogP contribution in [0.5, 0.6) is 0 Å². The van der Waals surface area contributed by atoms with E-state index in [1.54, 1.807) is 0 Å². The summed E-state index contributed by atoms with van der Waals surface area (Å²) in [5.41, 5.74) is 15.4. The van der Waals surface area contributed by atoms with Crippen molar-refractivity contribution in [1.29, 1.82) is 5.26 Å². The smallest absolute Gasteiger partial charge is 0.0991 e. The molecule has 1 aliphatic carbocycles. The highest BCUT2D eigenvalue weighted by Gasteiger charge is 2.35. The van der Waals surface area contributed by atoms with Crippen molar-refractivity contribution in [1.82, 2.24) is 9.13 Å². The van der Waals surface area contributed by atoms with Crippen LogP contribution in [0.4, 0.5) is 0 Å². The minimum absolute atomic E-state index is 0.0182. The number of benzene rings is 7. The minimum Gasteiger partial charge on any atom is -0.309 e. The topological polar surface area (TPSA) is 33.6 Å². The maximum atomic E-state index is 9.35. The van der Waals surface area contributed by atoms with E-state index >= 15 is 0 Å². The second kappa shape index (κ2) is 10.1. The summed E-state index contributed by atoms with van der Waals surface area (Å²) in [6, 6.07) is 57.0. The van der Waals surface area contributed by atoms with Crippen molar-refractivity contribution in [3.63, 3.8) is 0 Å². The molecule has 7 aromatic carbocycles. The molecule has 0 fully saturated rings. The maximum absolute atomic E-state index is 9.35. The normalized spacial score (nSPS) is 13.2. The lowest BCUT2D eigenvalue weighted by Gasteiger charge is -2.21. The highest BCUT2D eigenvalue weighted by molar-refractivity contribution is 6.12. The van der Waals surface area contributed by atoms with E-state index in [1.165, 1.54) is 71.6 Å². The first-order chi connectivity index (χ1) is 24.0. The van der Waals surface area contributed by atoms with E-state index in [0.29, 0.717) is 5.56 Å². The van der Waals surface area contributed by atoms with Crippen LogP contribution in [0.3, 0.4) is 0 Å². The second-order valence-corrected chi connectivity index (χ2v) is 13.7. The molecule has 0 spiro atoms. The molecule has 0 amide bonds. The van der Waals surface area contributed by atoms with Crippen LogP contribution < -0.4 is 0 Å². The van der Waals surface area contributed by atoms with E-state index in [-0.39, 0.29) is 5.41 Å². The Morgan fingerprint density at radius 1 is 0.449 bits per heavy atom. The van der Waals surface area contributed by atoms with Crippen LogP contribution in [0.1, 0.15) is 30.5 Å². The summed E-state index contributed by atoms with van der Waals surface area (Å²) < 4.78 is 4.72. The first-order valence-electron chi connectivity index (χ1n) is 16.8. The predicted molar refractivity (Wildman–Crippen MR) is 203 cm³/mol. The molecule has 0 atom stereocenters. The van der Waals surface area contributed by atoms with Gasteiger partial charge in [0, 0.05) is 38.3 Å². The summed E-state index contributed by atoms with van der Waals surface area (Å²) in [6.45, 7) is 4.67. The average molecular weight is 626 g/mol. The van der Waals surface area contributed by atoms with Crippen molar-refractivity contribution in [3.05, 3.63) is 168 Å². The number of nitrogens with zero attached hydrogens (tertiary/aromatic N) is 3. The van der Waals surface area contributed by atoms with Crippen LogP contribution in [-0.4, -0.2) is 9.13 Å². The summed E-state index contributed by atoms with van der Waals surface area (Å²) in [5, 5.41) is 14.3. The van der Waals surface area contributed by atoms with Gasteiger partial charge in [0.2, 0.25) is 0 Å². The van der Waals surface area contributed by atoms with Gasteiger partial charge in [-0.15, -0.1) is 0 Å². The molecule has 3 nitrogen and oxygen atoms in total. The maximum Gasteiger partial charge on any atom is 0.0991 e. The highest BCUT2D eigenvalue weighted by Crippen LogP contribution is 2.49. The van der Waals surface area contributed by atoms with Gasteiger partial charge < -0.3 is 9.13 Å². The number of nitriles is 1. The van der Waals surface area contributed by atoms with E-state index in [1.807, 2.05) is 24.3 Å². The molecule has 0 saturated carbocycles. The SMILES string of the molecule is CC1(C)c2ccccc2-c2cc(-n3c4ccccc4c4cc(-c5ccc6c(c5)c5ccccc5n6-c5ccc(C#N)cc5)ccc43)ccc21. The van der Waals surface area contributed by atoms with Crippen LogP contribution in [-0.2, 0) is 5.41 Å². The third kappa shape index (κ3) is 3.89. The third-order valence-electron chi connectivity index (χ3n) is 10.8. The van der Waals surface area contributed by atoms with Crippen LogP contribution in [0, 0.1) is 11.3 Å². The quantitative estimate of drug-likeness (QED) is 0.192. The Morgan fingerprint density at radius 3 is 1.59 bits per heavy atom. The minimum atomic E-state index is -0.0182. The molecule has 2 heterocycles. The van der Waals surface area contributed by atoms with Gasteiger partial charge in [-0.1, -0.05) is 92.7 Å². The largest absolute Gasteiger partial charge is 0.309 e. The standard InChI is InChI=1S/C46H31N3/c1-46(2)40-12-6-3-9-34(40)37-27-33(21-22-41(37)46)49-43-14-8-5-11-36(43)39-26-31(18-24-45(39)49)30-17-23-44-38(25-30)35-10-4-7-13-42(35)48(44)32-19-15-29(28-47)16-20-32/h3-27H,1-2H3. The van der Waals surface area contributed by atoms with Gasteiger partial charge >= 0.3 is 0 Å². The molecule has 0 unspecified atom stereocenters. The lowest BCUT2D eigenvalue weighted by atomic mass is 9.82. The molecule has 0 bridgehead atoms. The lowest BCUT2D eigenvalue weighted by Crippen LogP contribution is -2.14. The molecule has 1 aliphatic rings. The molecule has 49 heavy (non-hydrogen) atoms. The number of para-hydroxylation sites is 2. The molecule has 0 aliphatic heterocycles. The Balaban J connectivity index is 1.14. The Kier molecular flexibility index (Phi) is 5.69. The number of hydrogen-bond acceptors (Lipinski definition) is 1. The van der Waals surface area contributed by atoms with E-state index in [4.69, 9.17) is 0 Å². The van der Waals surface area contributed by atoms with Gasteiger partial charge in [0.25, 0.3) is 0 Å². The van der Waals surface area contributed by atoms with E-state index < -0.39 is 0 Å². The summed E-state index contributed by atoms with van der Waals surface area (Å²) in [7, 11) is 0. The van der Waals surface area contributed by atoms with Gasteiger partial charge in [-0.05, 0) is 106 Å². The van der Waals surface area contributed by atoms with E-state index in [0.717, 1.165) is 16.7 Å². The molecule has 9 aromatic rings. The van der Waals surface area contributed by atoms with Gasteiger partial charge in [0.15, 0.2) is 0 Å². The van der Waals surface area contributed by atoms with Crippen LogP contribution in [0.15, 0.2) is 152 Å². The van der Waals surface area contributed by atoms with Crippen LogP contribution >= 0.6 is 0 Å². The molecular weight excluding hydrogens is 595 g/mol. The molecule has 230 valence electrons. The summed E-state index contributed by atoms with van der Waals surface area (Å²) in [6.07, 6.45) is 0. The zero-order valence-corrected chi connectivity index (χ0v) is 27.3. The van der Waals surface area contributed by atoms with E-state index in [9.17, 15) is 5.26 Å². The zero-order chi connectivity index (χ0) is 32.9. The molecule has 0 N–H and O–H groups in total. The van der Waals surface area contributed by atoms with Gasteiger partial charge in [0.1, 0.15) is 0 Å². The summed E-state index contributed by atoms with van der Waals surface area (Å²) in [5.74, 6) is 0. The number of hydrogen-bond donors (Lipinski definition) is 0. The fraction of sp³-hybridized carbons (Fsp3) is 0.0652. The Bertz CT molecular complexity index is 2850. The van der Waals surface area contributed by atoms with Crippen LogP contribution in [0.25, 0.3) is 77.2 Å². The van der Waals surface area contributed by atoms with E-state index in [2.05, 4.69) is 156 Å². The van der Waals surface area contributed by atoms with Crippen LogP contribution in [0.2, 0.25) is 0 Å². The van der Waals surface area contributed by atoms with Crippen molar-refractivity contribution in [2.45, 2.75) is 19.3 Å². The Labute approximate surface area is 284 Å². The molecule has 0 saturated heterocycles. The van der Waals surface area contributed by atoms with Gasteiger partial charge in [-0.3, -0.25) is 0 Å². The number of rotatable bonds is 3. The third-order valence-corrected chi connectivity index (χ3v) is 10.8. The fourth-order valence-electron chi connectivity index (χ4n) is 8.39. The predicted octanol–water partition coefficient (Wildman–Crippen LogP) is 11.7. The van der Waals surface area contributed by atoms with Gasteiger partial charge in [-0.2, -0.15) is 5.26 Å². The average Bonchev–Trinajstić information content (AvgIpc) is 3.74.